The van der Waals surface area contributed by atoms with Crippen LogP contribution in [0.15, 0.2) is 23.0 Å². The molecule has 1 aromatic carbocycles. The lowest BCUT2D eigenvalue weighted by molar-refractivity contribution is -0.153. The molecule has 2 saturated carbocycles. The van der Waals surface area contributed by atoms with Crippen molar-refractivity contribution in [1.82, 2.24) is 9.80 Å². The van der Waals surface area contributed by atoms with Gasteiger partial charge in [-0.1, -0.05) is 12.8 Å². The number of hydrogen-bond donors (Lipinski definition) is 5. The average Bonchev–Trinajstić information content (AvgIpc) is 3.32. The Labute approximate surface area is 251 Å². The molecule has 6 N–H and O–H groups in total. The molecular weight excluding hydrogens is 552 g/mol. The normalized spacial score (nSPS) is 32.5. The minimum Gasteiger partial charge on any atom is -0.508 e. The molecule has 1 heterocycles. The number of Topliss-reactive ketones (excluding diaryl/α,β-unsaturated/α-hetero) is 2. The van der Waals surface area contributed by atoms with Crippen molar-refractivity contribution in [3.63, 3.8) is 0 Å². The van der Waals surface area contributed by atoms with Crippen LogP contribution in [0.25, 0.3) is 5.76 Å². The molecule has 0 radical (unpaired) electrons. The summed E-state index contributed by atoms with van der Waals surface area (Å²) < 4.78 is 0. The number of ketones is 2. The number of nitrogens with two attached hydrogens (primary N) is 1. The van der Waals surface area contributed by atoms with Crippen LogP contribution in [0.2, 0.25) is 0 Å². The molecule has 5 aliphatic rings. The van der Waals surface area contributed by atoms with E-state index in [0.717, 1.165) is 24.3 Å². The van der Waals surface area contributed by atoms with Crippen molar-refractivity contribution in [3.05, 3.63) is 39.7 Å². The van der Waals surface area contributed by atoms with Gasteiger partial charge >= 0.3 is 0 Å². The number of nitrogens with zero attached hydrogens (tertiary/aromatic N) is 3. The van der Waals surface area contributed by atoms with Gasteiger partial charge in [0.15, 0.2) is 11.4 Å². The van der Waals surface area contributed by atoms with Crippen molar-refractivity contribution in [2.24, 2.45) is 29.4 Å². The second-order valence-electron chi connectivity index (χ2n) is 13.6. The Bertz CT molecular complexity index is 1470. The van der Waals surface area contributed by atoms with E-state index in [1.54, 1.807) is 20.2 Å². The van der Waals surface area contributed by atoms with Crippen LogP contribution < -0.4 is 10.6 Å². The molecule has 0 bridgehead atoms. The molecule has 1 saturated heterocycles. The second kappa shape index (κ2) is 10.3. The van der Waals surface area contributed by atoms with Crippen LogP contribution in [-0.4, -0.2) is 101 Å². The quantitative estimate of drug-likeness (QED) is 0.316. The highest BCUT2D eigenvalue weighted by Gasteiger charge is 2.64. The van der Waals surface area contributed by atoms with Gasteiger partial charge in [0.05, 0.1) is 11.6 Å². The number of rotatable bonds is 5. The molecule has 6 atom stereocenters. The maximum absolute atomic E-state index is 14.1. The van der Waals surface area contributed by atoms with Gasteiger partial charge in [0.25, 0.3) is 5.91 Å². The highest BCUT2D eigenvalue weighted by Crippen LogP contribution is 2.54. The lowest BCUT2D eigenvalue weighted by Crippen LogP contribution is -2.65. The first-order valence-corrected chi connectivity index (χ1v) is 15.2. The van der Waals surface area contributed by atoms with Gasteiger partial charge in [-0.15, -0.1) is 0 Å². The predicted molar refractivity (Wildman–Crippen MR) is 159 cm³/mol. The van der Waals surface area contributed by atoms with Gasteiger partial charge in [0, 0.05) is 50.9 Å². The number of carbonyl (C=O) groups is 3. The number of primary amides is 1. The van der Waals surface area contributed by atoms with Crippen LogP contribution in [0, 0.1) is 23.7 Å². The molecule has 11 heteroatoms. The molecule has 2 unspecified atom stereocenters. The minimum atomic E-state index is -2.64. The highest BCUT2D eigenvalue weighted by molar-refractivity contribution is 6.24. The monoisotopic (exact) mass is 594 g/mol. The van der Waals surface area contributed by atoms with Crippen LogP contribution in [0.1, 0.15) is 48.8 Å². The van der Waals surface area contributed by atoms with E-state index in [0.29, 0.717) is 23.9 Å². The number of phenolic OH excluding ortho intramolecular Hbond substituents is 1. The minimum absolute atomic E-state index is 0.0686. The molecule has 232 valence electrons. The number of aliphatic hydroxyl groups excluding tert-OH is 2. The molecule has 11 nitrogen and oxygen atoms in total. The summed E-state index contributed by atoms with van der Waals surface area (Å²) >= 11 is 0. The Hall–Kier alpha value is -3.41. The summed E-state index contributed by atoms with van der Waals surface area (Å²) in [6.07, 6.45) is 5.40. The molecule has 0 spiro atoms. The summed E-state index contributed by atoms with van der Waals surface area (Å²) in [6.45, 7) is 2.69. The lowest BCUT2D eigenvalue weighted by atomic mass is 9.57. The maximum Gasteiger partial charge on any atom is 0.255 e. The van der Waals surface area contributed by atoms with Crippen molar-refractivity contribution in [3.8, 4) is 5.75 Å². The third kappa shape index (κ3) is 4.30. The molecule has 1 aliphatic heterocycles. The van der Waals surface area contributed by atoms with E-state index in [1.165, 1.54) is 30.6 Å². The number of benzene rings is 1. The van der Waals surface area contributed by atoms with E-state index < -0.39 is 58.0 Å². The maximum atomic E-state index is 14.1. The first kappa shape index (κ1) is 29.7. The van der Waals surface area contributed by atoms with Crippen LogP contribution in [0.3, 0.4) is 0 Å². The Morgan fingerprint density at radius 1 is 1.07 bits per heavy atom. The van der Waals surface area contributed by atoms with Gasteiger partial charge < -0.3 is 31.1 Å². The predicted octanol–water partition coefficient (Wildman–Crippen LogP) is 1.65. The number of likely N-dealkylation sites (N-methyl/N-ethyl adjacent to an activating group) is 1. The highest BCUT2D eigenvalue weighted by atomic mass is 16.3. The van der Waals surface area contributed by atoms with Gasteiger partial charge in [-0.2, -0.15) is 0 Å². The van der Waals surface area contributed by atoms with Crippen molar-refractivity contribution in [2.45, 2.75) is 56.7 Å². The van der Waals surface area contributed by atoms with Gasteiger partial charge in [0.2, 0.25) is 5.78 Å². The number of fused-ring (bicyclic) bond motifs is 4. The summed E-state index contributed by atoms with van der Waals surface area (Å²) in [4.78, 5) is 45.6. The Morgan fingerprint density at radius 2 is 1.70 bits per heavy atom. The van der Waals surface area contributed by atoms with E-state index in [9.17, 15) is 34.8 Å². The van der Waals surface area contributed by atoms with Crippen LogP contribution in [0.5, 0.6) is 5.75 Å². The fraction of sp³-hybridized carbons (Fsp3) is 0.594. The Morgan fingerprint density at radius 3 is 2.26 bits per heavy atom. The zero-order valence-electron chi connectivity index (χ0n) is 25.3. The molecular formula is C32H42N4O7. The number of aliphatic hydroxyl groups is 3. The Kier molecular flexibility index (Phi) is 7.14. The first-order chi connectivity index (χ1) is 20.3. The standard InChI is InChI=1S/C32H42N4O7/c1-34(2)25-18(14-36-12-15-7-5-6-8-16(15)13-36)11-21(37)23-19(25)9-17-10-20-26(35(3)4)28(39)24(31(33)42)30(41)32(20,43)29(40)22(17)27(23)38/h11,15-17,20,26,37-38,41,43H,5-10,12-14H2,1-4H3,(H2,33,42)/t15?,16?,17-,20-,26-,32-/m0/s1. The largest absolute Gasteiger partial charge is 0.508 e. The first-order valence-electron chi connectivity index (χ1n) is 15.2. The number of likely N-dealkylation sites (tertiary alicyclic amines) is 1. The fourth-order valence-corrected chi connectivity index (χ4v) is 8.92. The average molecular weight is 595 g/mol. The topological polar surface area (TPSA) is 168 Å². The van der Waals surface area contributed by atoms with Crippen molar-refractivity contribution in [2.75, 3.05) is 46.2 Å². The van der Waals surface area contributed by atoms with Crippen LogP contribution >= 0.6 is 0 Å². The number of carbonyl (C=O) groups excluding carboxylic acids is 3. The molecule has 1 aromatic rings. The fourth-order valence-electron chi connectivity index (χ4n) is 8.92. The summed E-state index contributed by atoms with van der Waals surface area (Å²) in [5, 5.41) is 45.8. The van der Waals surface area contributed by atoms with E-state index in [2.05, 4.69) is 4.90 Å². The SMILES string of the molecule is CN(C)c1c(CN2CC3CCCCC3C2)cc(O)c2c1C[C@H]1C[C@H]3[C@H](N(C)C)C(=O)C(C(N)=O)=C(O)[C@@]3(O)C(=O)C1=C2O. The van der Waals surface area contributed by atoms with E-state index in [-0.39, 0.29) is 29.7 Å². The third-order valence-electron chi connectivity index (χ3n) is 10.7. The molecule has 1 amide bonds. The van der Waals surface area contributed by atoms with Crippen molar-refractivity contribution >= 4 is 28.9 Å². The summed E-state index contributed by atoms with van der Waals surface area (Å²) in [5.41, 5.74) is 4.43. The number of hydrogen-bond acceptors (Lipinski definition) is 10. The molecule has 43 heavy (non-hydrogen) atoms. The number of anilines is 1. The zero-order chi connectivity index (χ0) is 31.1. The number of amides is 1. The van der Waals surface area contributed by atoms with E-state index >= 15 is 0 Å². The van der Waals surface area contributed by atoms with Crippen LogP contribution in [-0.2, 0) is 27.3 Å². The van der Waals surface area contributed by atoms with Gasteiger partial charge in [0.1, 0.15) is 22.8 Å². The molecule has 0 aromatic heterocycles. The zero-order valence-corrected chi connectivity index (χ0v) is 25.3. The van der Waals surface area contributed by atoms with E-state index in [4.69, 9.17) is 5.73 Å². The van der Waals surface area contributed by atoms with Gasteiger partial charge in [-0.25, -0.2) is 0 Å². The van der Waals surface area contributed by atoms with Crippen molar-refractivity contribution in [1.29, 1.82) is 0 Å². The third-order valence-corrected chi connectivity index (χ3v) is 10.7. The Balaban J connectivity index is 1.45. The summed E-state index contributed by atoms with van der Waals surface area (Å²) in [6, 6.07) is 0.548. The summed E-state index contributed by atoms with van der Waals surface area (Å²) in [7, 11) is 7.01. The van der Waals surface area contributed by atoms with Crippen LogP contribution in [0.4, 0.5) is 5.69 Å². The molecule has 4 aliphatic carbocycles. The second-order valence-corrected chi connectivity index (χ2v) is 13.6. The summed E-state index contributed by atoms with van der Waals surface area (Å²) in [5.74, 6) is -5.02. The number of phenols is 1. The molecule has 6 rings (SSSR count). The lowest BCUT2D eigenvalue weighted by Gasteiger charge is -2.50. The molecule has 3 fully saturated rings. The van der Waals surface area contributed by atoms with Gasteiger partial charge in [-0.3, -0.25) is 24.2 Å². The van der Waals surface area contributed by atoms with E-state index in [1.807, 2.05) is 19.0 Å². The van der Waals surface area contributed by atoms with Gasteiger partial charge in [-0.05, 0) is 74.7 Å². The smallest absolute Gasteiger partial charge is 0.255 e. The van der Waals surface area contributed by atoms with Crippen molar-refractivity contribution < 1.29 is 34.8 Å². The number of aromatic hydroxyl groups is 1.